The number of hydrogen-bond donors (Lipinski definition) is 1. The van der Waals surface area contributed by atoms with Gasteiger partial charge in [0.05, 0.1) is 29.8 Å². The fourth-order valence-electron chi connectivity index (χ4n) is 2.40. The summed E-state index contributed by atoms with van der Waals surface area (Å²) in [4.78, 5) is 19.1. The normalized spacial score (nSPS) is 19.5. The second-order valence-corrected chi connectivity index (χ2v) is 4.70. The highest BCUT2D eigenvalue weighted by Gasteiger charge is 2.23. The van der Waals surface area contributed by atoms with Crippen LogP contribution in [0, 0.1) is 0 Å². The Kier molecular flexibility index (Phi) is 3.33. The van der Waals surface area contributed by atoms with Crippen LogP contribution in [0.25, 0.3) is 0 Å². The summed E-state index contributed by atoms with van der Waals surface area (Å²) < 4.78 is 0. The van der Waals surface area contributed by atoms with Crippen LogP contribution in [-0.2, 0) is 0 Å². The summed E-state index contributed by atoms with van der Waals surface area (Å²) in [5, 5.41) is 3.12. The lowest BCUT2D eigenvalue weighted by Crippen LogP contribution is -2.18. The average molecular weight is 256 g/mol. The Morgan fingerprint density at radius 2 is 2.16 bits per heavy atom. The number of nitrogens with one attached hydrogen (secondary N) is 1. The Hall–Kier alpha value is -2.08. The first-order valence-electron chi connectivity index (χ1n) is 6.38. The molecule has 19 heavy (non-hydrogen) atoms. The summed E-state index contributed by atoms with van der Waals surface area (Å²) in [5.74, 6) is 0.590. The molecule has 1 aliphatic rings. The molecule has 2 aromatic rings. The van der Waals surface area contributed by atoms with Gasteiger partial charge >= 0.3 is 0 Å². The lowest BCUT2D eigenvalue weighted by atomic mass is 10.1. The highest BCUT2D eigenvalue weighted by atomic mass is 15.2. The molecule has 6 heteroatoms. The predicted molar refractivity (Wildman–Crippen MR) is 72.0 cm³/mol. The van der Waals surface area contributed by atoms with Crippen molar-refractivity contribution in [3.63, 3.8) is 0 Å². The van der Waals surface area contributed by atoms with Crippen LogP contribution in [0.4, 0.5) is 11.6 Å². The fraction of sp³-hybridized carbons (Fsp3) is 0.385. The number of rotatable bonds is 3. The van der Waals surface area contributed by atoms with E-state index in [9.17, 15) is 0 Å². The monoisotopic (exact) mass is 256 g/mol. The van der Waals surface area contributed by atoms with E-state index in [4.69, 9.17) is 0 Å². The molecule has 3 rings (SSSR count). The maximum absolute atomic E-state index is 4.58. The molecule has 1 N–H and O–H groups in total. The van der Waals surface area contributed by atoms with Gasteiger partial charge in [0, 0.05) is 6.20 Å². The molecular weight excluding hydrogens is 240 g/mol. The molecule has 1 fully saturated rings. The van der Waals surface area contributed by atoms with E-state index in [0.717, 1.165) is 24.3 Å². The van der Waals surface area contributed by atoms with Gasteiger partial charge in [0.25, 0.3) is 0 Å². The van der Waals surface area contributed by atoms with Gasteiger partial charge in [-0.05, 0) is 32.5 Å². The highest BCUT2D eigenvalue weighted by molar-refractivity contribution is 5.49. The average Bonchev–Trinajstić information content (AvgIpc) is 2.86. The third-order valence-corrected chi connectivity index (χ3v) is 3.36. The third-order valence-electron chi connectivity index (χ3n) is 3.36. The van der Waals surface area contributed by atoms with Gasteiger partial charge in [-0.15, -0.1) is 0 Å². The Labute approximate surface area is 111 Å². The van der Waals surface area contributed by atoms with Gasteiger partial charge < -0.3 is 5.32 Å². The smallest absolute Gasteiger partial charge is 0.227 e. The van der Waals surface area contributed by atoms with Crippen LogP contribution < -0.4 is 5.32 Å². The number of hydrogen-bond acceptors (Lipinski definition) is 6. The first-order valence-corrected chi connectivity index (χ1v) is 6.38. The second-order valence-electron chi connectivity index (χ2n) is 4.70. The summed E-state index contributed by atoms with van der Waals surface area (Å²) in [7, 11) is 2.14. The van der Waals surface area contributed by atoms with Crippen LogP contribution in [-0.4, -0.2) is 38.4 Å². The quantitative estimate of drug-likeness (QED) is 0.903. The van der Waals surface area contributed by atoms with Gasteiger partial charge in [-0.1, -0.05) is 0 Å². The first-order chi connectivity index (χ1) is 9.33. The van der Waals surface area contributed by atoms with E-state index in [2.05, 4.69) is 37.2 Å². The van der Waals surface area contributed by atoms with Crippen molar-refractivity contribution in [2.45, 2.75) is 18.9 Å². The Morgan fingerprint density at radius 3 is 2.89 bits per heavy atom. The van der Waals surface area contributed by atoms with Gasteiger partial charge in [0.15, 0.2) is 0 Å². The zero-order valence-electron chi connectivity index (χ0n) is 10.8. The molecule has 0 amide bonds. The van der Waals surface area contributed by atoms with Gasteiger partial charge in [-0.25, -0.2) is 19.9 Å². The maximum atomic E-state index is 4.58. The molecule has 3 heterocycles. The van der Waals surface area contributed by atoms with Gasteiger partial charge in [-0.3, -0.25) is 4.90 Å². The first kappa shape index (κ1) is 12.0. The van der Waals surface area contributed by atoms with E-state index in [-0.39, 0.29) is 0 Å². The van der Waals surface area contributed by atoms with Gasteiger partial charge in [0.2, 0.25) is 5.95 Å². The molecule has 0 bridgehead atoms. The fourth-order valence-corrected chi connectivity index (χ4v) is 2.40. The SMILES string of the molecule is CN1CCCC1c1ccnc(Nc2cncnc2)n1. The standard InChI is InChI=1S/C13H16N6/c1-19-6-2-3-12(19)11-4-5-16-13(18-11)17-10-7-14-9-15-8-10/h4-5,7-9,12H,2-3,6H2,1H3,(H,16,17,18). The van der Waals surface area contributed by atoms with Crippen LogP contribution in [0.5, 0.6) is 0 Å². The molecule has 0 aromatic carbocycles. The van der Waals surface area contributed by atoms with E-state index in [1.54, 1.807) is 18.6 Å². The van der Waals surface area contributed by atoms with Gasteiger partial charge in [-0.2, -0.15) is 0 Å². The molecular formula is C13H16N6. The van der Waals surface area contributed by atoms with Crippen LogP contribution in [0.15, 0.2) is 31.0 Å². The molecule has 6 nitrogen and oxygen atoms in total. The lowest BCUT2D eigenvalue weighted by molar-refractivity contribution is 0.312. The molecule has 0 aliphatic carbocycles. The van der Waals surface area contributed by atoms with E-state index in [0.29, 0.717) is 12.0 Å². The minimum Gasteiger partial charge on any atom is -0.322 e. The summed E-state index contributed by atoms with van der Waals surface area (Å²) in [6, 6.07) is 2.38. The molecule has 0 spiro atoms. The van der Waals surface area contributed by atoms with Crippen molar-refractivity contribution in [2.24, 2.45) is 0 Å². The van der Waals surface area contributed by atoms with E-state index in [1.165, 1.54) is 12.7 Å². The topological polar surface area (TPSA) is 66.8 Å². The summed E-state index contributed by atoms with van der Waals surface area (Å²) >= 11 is 0. The number of likely N-dealkylation sites (tertiary alicyclic amines) is 1. The van der Waals surface area contributed by atoms with Crippen LogP contribution in [0.3, 0.4) is 0 Å². The van der Waals surface area contributed by atoms with E-state index >= 15 is 0 Å². The van der Waals surface area contributed by atoms with Gasteiger partial charge in [0.1, 0.15) is 6.33 Å². The van der Waals surface area contributed by atoms with Crippen molar-refractivity contribution < 1.29 is 0 Å². The van der Waals surface area contributed by atoms with Crippen molar-refractivity contribution in [1.29, 1.82) is 0 Å². The largest absolute Gasteiger partial charge is 0.322 e. The lowest BCUT2D eigenvalue weighted by Gasteiger charge is -2.18. The molecule has 0 saturated carbocycles. The highest BCUT2D eigenvalue weighted by Crippen LogP contribution is 2.29. The van der Waals surface area contributed by atoms with Crippen molar-refractivity contribution in [3.8, 4) is 0 Å². The third kappa shape index (κ3) is 2.68. The Balaban J connectivity index is 1.80. The molecule has 1 atom stereocenters. The zero-order valence-corrected chi connectivity index (χ0v) is 10.8. The summed E-state index contributed by atoms with van der Waals surface area (Å²) in [6.07, 6.45) is 9.06. The van der Waals surface area contributed by atoms with Crippen LogP contribution in [0.2, 0.25) is 0 Å². The molecule has 1 unspecified atom stereocenters. The molecule has 0 radical (unpaired) electrons. The zero-order chi connectivity index (χ0) is 13.1. The second kappa shape index (κ2) is 5.27. The molecule has 98 valence electrons. The van der Waals surface area contributed by atoms with Crippen LogP contribution >= 0.6 is 0 Å². The minimum atomic E-state index is 0.399. The molecule has 2 aromatic heterocycles. The van der Waals surface area contributed by atoms with Crippen LogP contribution in [0.1, 0.15) is 24.6 Å². The number of aromatic nitrogens is 4. The van der Waals surface area contributed by atoms with Crippen molar-refractivity contribution in [2.75, 3.05) is 18.9 Å². The molecule has 1 saturated heterocycles. The number of anilines is 2. The predicted octanol–water partition coefficient (Wildman–Crippen LogP) is 1.78. The van der Waals surface area contributed by atoms with Crippen molar-refractivity contribution in [1.82, 2.24) is 24.8 Å². The molecule has 1 aliphatic heterocycles. The Morgan fingerprint density at radius 1 is 1.32 bits per heavy atom. The minimum absolute atomic E-state index is 0.399. The van der Waals surface area contributed by atoms with E-state index < -0.39 is 0 Å². The summed E-state index contributed by atoms with van der Waals surface area (Å²) in [6.45, 7) is 1.13. The maximum Gasteiger partial charge on any atom is 0.227 e. The van der Waals surface area contributed by atoms with E-state index in [1.807, 2.05) is 6.07 Å². The van der Waals surface area contributed by atoms with Crippen molar-refractivity contribution in [3.05, 3.63) is 36.7 Å². The summed E-state index contributed by atoms with van der Waals surface area (Å²) in [5.41, 5.74) is 1.86. The Bertz CT molecular complexity index is 544. The number of nitrogens with zero attached hydrogens (tertiary/aromatic N) is 5. The van der Waals surface area contributed by atoms with Crippen molar-refractivity contribution >= 4 is 11.6 Å².